The summed E-state index contributed by atoms with van der Waals surface area (Å²) in [6.45, 7) is 15.1. The van der Waals surface area contributed by atoms with E-state index < -0.39 is 0 Å². The first kappa shape index (κ1) is 46.5. The Morgan fingerprint density at radius 1 is 0.439 bits per heavy atom. The molecule has 6 saturated carbocycles. The molecule has 6 rings (SSSR count). The molecule has 2 radical (unpaired) electrons. The van der Waals surface area contributed by atoms with Crippen LogP contribution in [0.4, 0.5) is 0 Å². The first-order chi connectivity index (χ1) is 27.5. The monoisotopic (exact) mass is 787 g/mol. The first-order valence-electron chi connectivity index (χ1n) is 27.0. The highest BCUT2D eigenvalue weighted by Gasteiger charge is 2.39. The van der Waals surface area contributed by atoms with Gasteiger partial charge in [0.05, 0.1) is 14.0 Å². The third kappa shape index (κ3) is 15.4. The van der Waals surface area contributed by atoms with Gasteiger partial charge >= 0.3 is 0 Å². The summed E-state index contributed by atoms with van der Waals surface area (Å²) in [5, 5.41) is 10.3. The van der Waals surface area contributed by atoms with Crippen molar-refractivity contribution in [1.29, 1.82) is 0 Å². The smallest absolute Gasteiger partial charge is 0.0699 e. The summed E-state index contributed by atoms with van der Waals surface area (Å²) in [5.41, 5.74) is 0. The van der Waals surface area contributed by atoms with E-state index in [9.17, 15) is 5.11 Å². The van der Waals surface area contributed by atoms with Crippen LogP contribution in [0.5, 0.6) is 0 Å². The van der Waals surface area contributed by atoms with Gasteiger partial charge < -0.3 is 5.11 Å². The number of rotatable bonds is 22. The fraction of sp³-hybridized carbons (Fsp3) is 1.00. The second-order valence-electron chi connectivity index (χ2n) is 24.0. The number of hydrogen-bond acceptors (Lipinski definition) is 1. The van der Waals surface area contributed by atoms with Crippen LogP contribution in [0, 0.1) is 94.7 Å². The van der Waals surface area contributed by atoms with Crippen LogP contribution < -0.4 is 0 Å². The predicted octanol–water partition coefficient (Wildman–Crippen LogP) is 16.5. The molecule has 6 fully saturated rings. The van der Waals surface area contributed by atoms with Crippen LogP contribution in [-0.2, 0) is 0 Å². The maximum Gasteiger partial charge on any atom is 0.0699 e. The minimum absolute atomic E-state index is 0.137. The van der Waals surface area contributed by atoms with E-state index in [0.29, 0.717) is 5.82 Å². The Labute approximate surface area is 358 Å². The lowest BCUT2D eigenvalue weighted by Crippen LogP contribution is -2.27. The summed E-state index contributed by atoms with van der Waals surface area (Å²) in [6.07, 6.45) is 45.1. The van der Waals surface area contributed by atoms with E-state index >= 15 is 0 Å². The van der Waals surface area contributed by atoms with Crippen molar-refractivity contribution < 1.29 is 5.11 Å². The second-order valence-corrected chi connectivity index (χ2v) is 24.0. The summed E-state index contributed by atoms with van der Waals surface area (Å²) in [7, 11) is 6.28. The molecule has 1 nitrogen and oxygen atoms in total. The molecule has 328 valence electrons. The Bertz CT molecular complexity index is 1080. The Hall–Kier alpha value is 0.0249. The molecule has 6 aliphatic carbocycles. The zero-order chi connectivity index (χ0) is 40.3. The fourth-order valence-corrected chi connectivity index (χ4v) is 14.5. The minimum Gasteiger partial charge on any atom is -0.393 e. The lowest BCUT2D eigenvalue weighted by molar-refractivity contribution is 0.130. The minimum atomic E-state index is -0.137. The Morgan fingerprint density at radius 3 is 1.63 bits per heavy atom. The molecule has 0 bridgehead atoms. The van der Waals surface area contributed by atoms with Crippen molar-refractivity contribution in [3.63, 3.8) is 0 Å². The number of aliphatic hydroxyl groups excluding tert-OH is 1. The highest BCUT2D eigenvalue weighted by molar-refractivity contribution is 6.11. The number of hydrogen-bond donors (Lipinski definition) is 1. The SMILES string of the molecule is [B]C1CCC(C(C)CCCC(C)C2CCC(C3CCC(C(C)CCC(C)CCC4CC4)CC3)CC([C@@H]3CCCC(C(CCC(C)O)CC(C)C4CC4)CC3)C2)CC1. The molecule has 1 N–H and O–H groups in total. The molecular formula is C55H99BO. The molecule has 11 unspecified atom stereocenters. The Morgan fingerprint density at radius 2 is 0.982 bits per heavy atom. The molecule has 57 heavy (non-hydrogen) atoms. The summed E-state index contributed by atoms with van der Waals surface area (Å²) in [6, 6.07) is 0. The highest BCUT2D eigenvalue weighted by atomic mass is 16.3. The highest BCUT2D eigenvalue weighted by Crippen LogP contribution is 2.51. The van der Waals surface area contributed by atoms with Gasteiger partial charge in [0.25, 0.3) is 0 Å². The van der Waals surface area contributed by atoms with Crippen LogP contribution >= 0.6 is 0 Å². The topological polar surface area (TPSA) is 20.2 Å². The summed E-state index contributed by atoms with van der Waals surface area (Å²) < 4.78 is 0. The van der Waals surface area contributed by atoms with Crippen LogP contribution in [-0.4, -0.2) is 19.1 Å². The van der Waals surface area contributed by atoms with E-state index in [1.807, 2.05) is 6.92 Å². The molecule has 0 aromatic rings. The average Bonchev–Trinajstić information content (AvgIpc) is 4.10. The molecule has 12 atom stereocenters. The van der Waals surface area contributed by atoms with Gasteiger partial charge in [0.15, 0.2) is 0 Å². The van der Waals surface area contributed by atoms with Gasteiger partial charge in [-0.15, -0.1) is 0 Å². The largest absolute Gasteiger partial charge is 0.393 e. The van der Waals surface area contributed by atoms with Crippen LogP contribution in [0.2, 0.25) is 5.82 Å². The zero-order valence-electron chi connectivity index (χ0n) is 39.3. The van der Waals surface area contributed by atoms with Gasteiger partial charge in [-0.05, 0) is 198 Å². The maximum absolute atomic E-state index is 10.3. The van der Waals surface area contributed by atoms with E-state index in [1.165, 1.54) is 161 Å². The normalized spacial score (nSPS) is 36.9. The molecule has 0 amide bonds. The first-order valence-corrected chi connectivity index (χ1v) is 27.0. The number of aliphatic hydroxyl groups is 1. The summed E-state index contributed by atoms with van der Waals surface area (Å²) >= 11 is 0. The van der Waals surface area contributed by atoms with Gasteiger partial charge in [-0.1, -0.05) is 143 Å². The van der Waals surface area contributed by atoms with Crippen LogP contribution in [0.25, 0.3) is 0 Å². The molecule has 6 aliphatic rings. The van der Waals surface area contributed by atoms with Gasteiger partial charge in [0.2, 0.25) is 0 Å². The molecule has 2 heteroatoms. The molecule has 0 aromatic carbocycles. The third-order valence-electron chi connectivity index (χ3n) is 19.5. The lowest BCUT2D eigenvalue weighted by Gasteiger charge is -2.38. The second kappa shape index (κ2) is 23.5. The third-order valence-corrected chi connectivity index (χ3v) is 19.5. The van der Waals surface area contributed by atoms with Crippen molar-refractivity contribution in [2.24, 2.45) is 94.7 Å². The molecule has 0 aromatic heterocycles. The Kier molecular flexibility index (Phi) is 19.2. The van der Waals surface area contributed by atoms with Crippen LogP contribution in [0.3, 0.4) is 0 Å². The van der Waals surface area contributed by atoms with Crippen molar-refractivity contribution in [2.45, 2.75) is 253 Å². The van der Waals surface area contributed by atoms with E-state index in [-0.39, 0.29) is 6.10 Å². The van der Waals surface area contributed by atoms with Gasteiger partial charge in [0, 0.05) is 0 Å². The van der Waals surface area contributed by atoms with Gasteiger partial charge in [-0.3, -0.25) is 0 Å². The fourth-order valence-electron chi connectivity index (χ4n) is 14.5. The Balaban J connectivity index is 1.04. The standard InChI is InChI=1S/C55H99BO/c1-38(14-17-44-18-19-44)13-15-41(4)45-23-25-50(26-24-45)53-30-29-51(40(3)10-7-9-39(2)46-31-33-55(56)34-32-46)36-54(37-53)49-12-8-11-48(27-28-49)52(20-16-43(6)57)35-42(5)47-21-22-47/h38-55,57H,7-37H2,1-6H3/t38?,39?,40?,41?,42?,43?,45?,46?,48?,49-,50?,51?,52?,53?,54?,55?/m1/s1. The average molecular weight is 787 g/mol. The van der Waals surface area contributed by atoms with Gasteiger partial charge in [-0.25, -0.2) is 0 Å². The van der Waals surface area contributed by atoms with E-state index in [4.69, 9.17) is 7.85 Å². The van der Waals surface area contributed by atoms with Gasteiger partial charge in [0.1, 0.15) is 0 Å². The molecule has 0 saturated heterocycles. The molecule has 0 heterocycles. The van der Waals surface area contributed by atoms with E-state index in [1.54, 1.807) is 32.1 Å². The van der Waals surface area contributed by atoms with E-state index in [0.717, 1.165) is 101 Å². The zero-order valence-corrected chi connectivity index (χ0v) is 39.3. The van der Waals surface area contributed by atoms with Crippen molar-refractivity contribution in [3.05, 3.63) is 0 Å². The molecule has 0 spiro atoms. The molecule has 0 aliphatic heterocycles. The molecular weight excluding hydrogens is 687 g/mol. The summed E-state index contributed by atoms with van der Waals surface area (Å²) in [4.78, 5) is 0. The van der Waals surface area contributed by atoms with Crippen molar-refractivity contribution in [2.75, 3.05) is 0 Å². The van der Waals surface area contributed by atoms with Crippen molar-refractivity contribution in [1.82, 2.24) is 0 Å². The lowest BCUT2D eigenvalue weighted by atomic mass is 9.68. The van der Waals surface area contributed by atoms with E-state index in [2.05, 4.69) is 34.6 Å². The van der Waals surface area contributed by atoms with Crippen LogP contribution in [0.15, 0.2) is 0 Å². The van der Waals surface area contributed by atoms with Crippen LogP contribution in [0.1, 0.15) is 241 Å². The maximum atomic E-state index is 10.3. The van der Waals surface area contributed by atoms with Gasteiger partial charge in [-0.2, -0.15) is 0 Å². The quantitative estimate of drug-likeness (QED) is 0.0856. The summed E-state index contributed by atoms with van der Waals surface area (Å²) in [5.74, 6) is 15.8. The predicted molar refractivity (Wildman–Crippen MR) is 249 cm³/mol. The van der Waals surface area contributed by atoms with Crippen molar-refractivity contribution >= 4 is 7.85 Å². The van der Waals surface area contributed by atoms with Crippen molar-refractivity contribution in [3.8, 4) is 0 Å².